The van der Waals surface area contributed by atoms with E-state index in [-0.39, 0.29) is 0 Å². The van der Waals surface area contributed by atoms with Crippen LogP contribution in [0.4, 0.5) is 0 Å². The lowest BCUT2D eigenvalue weighted by molar-refractivity contribution is -0.337. The normalized spacial score (nSPS) is 11.7. The molecule has 0 radical (unpaired) electrons. The molecule has 7 heteroatoms. The Balaban J connectivity index is 2.99. The monoisotopic (exact) mass is 246 g/mol. The summed E-state index contributed by atoms with van der Waals surface area (Å²) in [4.78, 5) is 13.9. The molecular formula is C9H14O6Si. The Hall–Kier alpha value is -0.803. The minimum atomic E-state index is -3.34. The Labute approximate surface area is 94.7 Å². The van der Waals surface area contributed by atoms with Gasteiger partial charge in [-0.3, -0.25) is 0 Å². The standard InChI is InChI=1S/C9H14O6Si/c1-10-13-16(14-11-2,15-12-3)9-7-5-4-6-8-9/h4-8H,1-3H3. The lowest BCUT2D eigenvalue weighted by atomic mass is 10.4. The van der Waals surface area contributed by atoms with E-state index in [9.17, 15) is 0 Å². The molecule has 0 bridgehead atoms. The van der Waals surface area contributed by atoms with Crippen molar-refractivity contribution in [1.82, 2.24) is 0 Å². The molecule has 90 valence electrons. The molecule has 1 aromatic carbocycles. The highest BCUT2D eigenvalue weighted by molar-refractivity contribution is 6.74. The predicted octanol–water partition coefficient (Wildman–Crippen LogP) is 0.566. The lowest BCUT2D eigenvalue weighted by Gasteiger charge is -2.23. The van der Waals surface area contributed by atoms with Crippen LogP contribution in [-0.2, 0) is 28.4 Å². The molecule has 0 saturated heterocycles. The van der Waals surface area contributed by atoms with Crippen LogP contribution in [0.2, 0.25) is 0 Å². The van der Waals surface area contributed by atoms with Crippen LogP contribution in [0.5, 0.6) is 0 Å². The second-order valence-corrected chi connectivity index (χ2v) is 4.86. The molecule has 0 atom stereocenters. The summed E-state index contributed by atoms with van der Waals surface area (Å²) in [5.74, 6) is 0. The number of rotatable bonds is 7. The lowest BCUT2D eigenvalue weighted by Crippen LogP contribution is -2.56. The Kier molecular flexibility index (Phi) is 5.56. The molecule has 0 unspecified atom stereocenters. The molecule has 0 spiro atoms. The van der Waals surface area contributed by atoms with E-state index in [4.69, 9.17) is 13.7 Å². The average Bonchev–Trinajstić information content (AvgIpc) is 2.31. The van der Waals surface area contributed by atoms with Crippen molar-refractivity contribution in [2.75, 3.05) is 21.3 Å². The fourth-order valence-electron chi connectivity index (χ4n) is 1.16. The van der Waals surface area contributed by atoms with Gasteiger partial charge in [0.15, 0.2) is 0 Å². The van der Waals surface area contributed by atoms with E-state index < -0.39 is 8.80 Å². The van der Waals surface area contributed by atoms with E-state index in [0.29, 0.717) is 5.19 Å². The number of hydrogen-bond acceptors (Lipinski definition) is 6. The van der Waals surface area contributed by atoms with E-state index in [1.54, 1.807) is 12.1 Å². The Morgan fingerprint density at radius 2 is 1.19 bits per heavy atom. The van der Waals surface area contributed by atoms with E-state index >= 15 is 0 Å². The molecule has 0 amide bonds. The van der Waals surface area contributed by atoms with Crippen molar-refractivity contribution in [3.05, 3.63) is 30.3 Å². The first-order valence-corrected chi connectivity index (χ1v) is 6.22. The maximum atomic E-state index is 5.04. The van der Waals surface area contributed by atoms with Crippen molar-refractivity contribution in [3.8, 4) is 0 Å². The molecule has 0 saturated carbocycles. The van der Waals surface area contributed by atoms with Gasteiger partial charge in [-0.2, -0.15) is 0 Å². The number of benzene rings is 1. The second kappa shape index (κ2) is 6.71. The van der Waals surface area contributed by atoms with Crippen LogP contribution in [0.3, 0.4) is 0 Å². The summed E-state index contributed by atoms with van der Waals surface area (Å²) < 4.78 is 15.1. The maximum absolute atomic E-state index is 5.04. The minimum absolute atomic E-state index is 0.653. The third kappa shape index (κ3) is 3.09. The Bertz CT molecular complexity index is 276. The maximum Gasteiger partial charge on any atom is 0.620 e. The quantitative estimate of drug-likeness (QED) is 0.398. The number of hydrogen-bond donors (Lipinski definition) is 0. The van der Waals surface area contributed by atoms with Gasteiger partial charge in [0.2, 0.25) is 0 Å². The summed E-state index contributed by atoms with van der Waals surface area (Å²) in [6.45, 7) is 0. The summed E-state index contributed by atoms with van der Waals surface area (Å²) in [6, 6.07) is 9.02. The van der Waals surface area contributed by atoms with Gasteiger partial charge in [0.1, 0.15) is 0 Å². The topological polar surface area (TPSA) is 55.4 Å². The zero-order valence-corrected chi connectivity index (χ0v) is 10.3. The first-order valence-electron chi connectivity index (χ1n) is 4.50. The van der Waals surface area contributed by atoms with Crippen LogP contribution < -0.4 is 5.19 Å². The van der Waals surface area contributed by atoms with Crippen LogP contribution >= 0.6 is 0 Å². The van der Waals surface area contributed by atoms with E-state index in [0.717, 1.165) is 0 Å². The van der Waals surface area contributed by atoms with E-state index in [1.807, 2.05) is 18.2 Å². The van der Waals surface area contributed by atoms with Gasteiger partial charge >= 0.3 is 8.80 Å². The van der Waals surface area contributed by atoms with E-state index in [1.165, 1.54) is 21.3 Å². The summed E-state index contributed by atoms with van der Waals surface area (Å²) in [5, 5.41) is 0.653. The molecule has 16 heavy (non-hydrogen) atoms. The fourth-order valence-corrected chi connectivity index (χ4v) is 2.79. The van der Waals surface area contributed by atoms with Gasteiger partial charge in [-0.15, -0.1) is 0 Å². The van der Waals surface area contributed by atoms with E-state index in [2.05, 4.69) is 14.7 Å². The minimum Gasteiger partial charge on any atom is -0.246 e. The molecule has 0 aromatic heterocycles. The summed E-state index contributed by atoms with van der Waals surface area (Å²) in [6.07, 6.45) is 0. The van der Waals surface area contributed by atoms with Gasteiger partial charge in [-0.05, 0) is 0 Å². The molecule has 0 aliphatic carbocycles. The molecular weight excluding hydrogens is 232 g/mol. The first kappa shape index (κ1) is 13.3. The summed E-state index contributed by atoms with van der Waals surface area (Å²) in [5.41, 5.74) is 0. The summed E-state index contributed by atoms with van der Waals surface area (Å²) >= 11 is 0. The van der Waals surface area contributed by atoms with Gasteiger partial charge < -0.3 is 0 Å². The zero-order chi connectivity index (χ0) is 11.9. The highest BCUT2D eigenvalue weighted by Crippen LogP contribution is 2.11. The van der Waals surface area contributed by atoms with Crippen LogP contribution in [0.15, 0.2) is 30.3 Å². The smallest absolute Gasteiger partial charge is 0.246 e. The Morgan fingerprint density at radius 1 is 0.750 bits per heavy atom. The summed E-state index contributed by atoms with van der Waals surface area (Å²) in [7, 11) is 0.711. The van der Waals surface area contributed by atoms with Crippen LogP contribution in [0, 0.1) is 0 Å². The van der Waals surface area contributed by atoms with Crippen molar-refractivity contribution in [1.29, 1.82) is 0 Å². The molecule has 1 rings (SSSR count). The van der Waals surface area contributed by atoms with Crippen molar-refractivity contribution in [3.63, 3.8) is 0 Å². The van der Waals surface area contributed by atoms with Crippen LogP contribution in [0.1, 0.15) is 0 Å². The molecule has 0 aliphatic rings. The molecule has 0 N–H and O–H groups in total. The second-order valence-electron chi connectivity index (χ2n) is 2.67. The van der Waals surface area contributed by atoms with Crippen LogP contribution in [-0.4, -0.2) is 30.1 Å². The van der Waals surface area contributed by atoms with Crippen molar-refractivity contribution in [2.24, 2.45) is 0 Å². The Morgan fingerprint density at radius 3 is 1.56 bits per heavy atom. The largest absolute Gasteiger partial charge is 0.620 e. The molecule has 0 fully saturated rings. The highest BCUT2D eigenvalue weighted by atomic mass is 28.4. The van der Waals surface area contributed by atoms with Crippen molar-refractivity contribution < 1.29 is 28.4 Å². The fraction of sp³-hybridized carbons (Fsp3) is 0.333. The van der Waals surface area contributed by atoms with Crippen molar-refractivity contribution >= 4 is 14.0 Å². The first-order chi connectivity index (χ1) is 7.79. The van der Waals surface area contributed by atoms with Gasteiger partial charge in [-0.1, -0.05) is 30.3 Å². The average molecular weight is 246 g/mol. The third-order valence-corrected chi connectivity index (χ3v) is 3.91. The molecule has 0 aliphatic heterocycles. The SMILES string of the molecule is COO[Si](OOC)(OOC)c1ccccc1. The zero-order valence-electron chi connectivity index (χ0n) is 9.34. The molecule has 1 aromatic rings. The predicted molar refractivity (Wildman–Crippen MR) is 56.1 cm³/mol. The highest BCUT2D eigenvalue weighted by Gasteiger charge is 2.49. The van der Waals surface area contributed by atoms with Crippen LogP contribution in [0.25, 0.3) is 0 Å². The van der Waals surface area contributed by atoms with Gasteiger partial charge in [0.05, 0.1) is 21.3 Å². The molecule has 6 nitrogen and oxygen atoms in total. The van der Waals surface area contributed by atoms with Gasteiger partial charge in [-0.25, -0.2) is 28.4 Å². The third-order valence-electron chi connectivity index (χ3n) is 1.71. The van der Waals surface area contributed by atoms with Gasteiger partial charge in [0.25, 0.3) is 0 Å². The molecule has 0 heterocycles. The van der Waals surface area contributed by atoms with Gasteiger partial charge in [0, 0.05) is 5.19 Å². The van der Waals surface area contributed by atoms with Crippen molar-refractivity contribution in [2.45, 2.75) is 0 Å².